The number of hydrogen-bond donors (Lipinski definition) is 1. The lowest BCUT2D eigenvalue weighted by Gasteiger charge is -2.34. The van der Waals surface area contributed by atoms with E-state index in [2.05, 4.69) is 37.1 Å². The number of carbonyl (C=O) groups is 1. The largest absolute Gasteiger partial charge is 0.335 e. The molecule has 0 saturated carbocycles. The molecule has 0 atom stereocenters. The van der Waals surface area contributed by atoms with Gasteiger partial charge in [0.2, 0.25) is 0 Å². The van der Waals surface area contributed by atoms with Gasteiger partial charge in [-0.1, -0.05) is 23.7 Å². The highest BCUT2D eigenvalue weighted by Crippen LogP contribution is 2.20. The molecule has 0 aliphatic carbocycles. The molecule has 1 amide bonds. The number of nitrogens with zero attached hydrogens (tertiary/aromatic N) is 3. The number of H-pyrrole nitrogens is 1. The number of nitrogens with one attached hydrogen (secondary N) is 1. The van der Waals surface area contributed by atoms with Gasteiger partial charge < -0.3 is 4.90 Å². The van der Waals surface area contributed by atoms with E-state index in [1.807, 2.05) is 30.0 Å². The first-order valence-corrected chi connectivity index (χ1v) is 8.68. The highest BCUT2D eigenvalue weighted by Gasteiger charge is 2.25. The molecule has 7 heteroatoms. The van der Waals surface area contributed by atoms with Crippen molar-refractivity contribution in [1.29, 1.82) is 0 Å². The highest BCUT2D eigenvalue weighted by atomic mass is 79.9. The van der Waals surface area contributed by atoms with Gasteiger partial charge in [-0.2, -0.15) is 5.10 Å². The summed E-state index contributed by atoms with van der Waals surface area (Å²) < 4.78 is 0.754. The Morgan fingerprint density at radius 3 is 2.70 bits per heavy atom. The maximum Gasteiger partial charge on any atom is 0.275 e. The monoisotopic (exact) mass is 396 g/mol. The van der Waals surface area contributed by atoms with Gasteiger partial charge in [0.05, 0.1) is 4.47 Å². The SMILES string of the molecule is Cc1[nH]nc(C(=O)N2CCN(Cc3cccc(Cl)c3)CC2)c1Br. The molecule has 1 aliphatic heterocycles. The van der Waals surface area contributed by atoms with Crippen molar-refractivity contribution in [2.45, 2.75) is 13.5 Å². The molecule has 1 saturated heterocycles. The molecule has 1 aliphatic rings. The zero-order valence-corrected chi connectivity index (χ0v) is 15.2. The van der Waals surface area contributed by atoms with Gasteiger partial charge in [0.1, 0.15) is 0 Å². The van der Waals surface area contributed by atoms with E-state index in [4.69, 9.17) is 11.6 Å². The summed E-state index contributed by atoms with van der Waals surface area (Å²) in [5, 5.41) is 7.69. The molecule has 3 rings (SSSR count). The predicted octanol–water partition coefficient (Wildman–Crippen LogP) is 3.09. The molecule has 0 spiro atoms. The summed E-state index contributed by atoms with van der Waals surface area (Å²) in [6.45, 7) is 5.85. The number of carbonyl (C=O) groups excluding carboxylic acids is 1. The highest BCUT2D eigenvalue weighted by molar-refractivity contribution is 9.10. The quantitative estimate of drug-likeness (QED) is 0.866. The van der Waals surface area contributed by atoms with Crippen molar-refractivity contribution in [2.24, 2.45) is 0 Å². The average Bonchev–Trinajstić information content (AvgIpc) is 2.87. The van der Waals surface area contributed by atoms with Crippen LogP contribution in [0, 0.1) is 6.92 Å². The molecule has 122 valence electrons. The Kier molecular flexibility index (Phi) is 5.04. The van der Waals surface area contributed by atoms with Crippen LogP contribution in [0.5, 0.6) is 0 Å². The van der Waals surface area contributed by atoms with Crippen LogP contribution in [0.15, 0.2) is 28.7 Å². The minimum atomic E-state index is -0.0244. The maximum absolute atomic E-state index is 12.5. The van der Waals surface area contributed by atoms with Gasteiger partial charge in [-0.25, -0.2) is 0 Å². The summed E-state index contributed by atoms with van der Waals surface area (Å²) >= 11 is 9.44. The van der Waals surface area contributed by atoms with Crippen LogP contribution in [-0.4, -0.2) is 52.1 Å². The standard InChI is InChI=1S/C16H18BrClN4O/c1-11-14(17)15(20-19-11)16(23)22-7-5-21(6-8-22)10-12-3-2-4-13(18)9-12/h2-4,9H,5-8,10H2,1H3,(H,19,20). The normalized spacial score (nSPS) is 15.9. The van der Waals surface area contributed by atoms with Crippen LogP contribution in [0.4, 0.5) is 0 Å². The summed E-state index contributed by atoms with van der Waals surface area (Å²) in [6.07, 6.45) is 0. The van der Waals surface area contributed by atoms with Crippen molar-refractivity contribution in [3.63, 3.8) is 0 Å². The third-order valence-electron chi connectivity index (χ3n) is 4.03. The molecule has 1 aromatic heterocycles. The van der Waals surface area contributed by atoms with Crippen LogP contribution in [0.25, 0.3) is 0 Å². The molecule has 2 heterocycles. The third kappa shape index (κ3) is 3.76. The molecule has 0 unspecified atom stereocenters. The van der Waals surface area contributed by atoms with E-state index in [9.17, 15) is 4.79 Å². The van der Waals surface area contributed by atoms with Gasteiger partial charge in [-0.05, 0) is 40.5 Å². The van der Waals surface area contributed by atoms with Crippen molar-refractivity contribution < 1.29 is 4.79 Å². The molecule has 0 bridgehead atoms. The summed E-state index contributed by atoms with van der Waals surface area (Å²) in [7, 11) is 0. The zero-order valence-electron chi connectivity index (χ0n) is 12.9. The Morgan fingerprint density at radius 2 is 2.09 bits per heavy atom. The summed E-state index contributed by atoms with van der Waals surface area (Å²) in [6, 6.07) is 7.91. The van der Waals surface area contributed by atoms with Crippen LogP contribution >= 0.6 is 27.5 Å². The Hall–Kier alpha value is -1.37. The molecule has 2 aromatic rings. The van der Waals surface area contributed by atoms with E-state index in [0.29, 0.717) is 18.8 Å². The van der Waals surface area contributed by atoms with Crippen LogP contribution in [0.1, 0.15) is 21.7 Å². The van der Waals surface area contributed by atoms with Gasteiger partial charge in [-0.15, -0.1) is 0 Å². The molecule has 1 fully saturated rings. The smallest absolute Gasteiger partial charge is 0.275 e. The second-order valence-corrected chi connectivity index (χ2v) is 6.94. The molecular formula is C16H18BrClN4O. The van der Waals surface area contributed by atoms with E-state index >= 15 is 0 Å². The molecule has 0 radical (unpaired) electrons. The Labute approximate surface area is 148 Å². The number of aryl methyl sites for hydroxylation is 1. The molecule has 23 heavy (non-hydrogen) atoms. The van der Waals surface area contributed by atoms with Crippen LogP contribution < -0.4 is 0 Å². The summed E-state index contributed by atoms with van der Waals surface area (Å²) in [4.78, 5) is 16.7. The fourth-order valence-corrected chi connectivity index (χ4v) is 3.27. The molecule has 1 aromatic carbocycles. The molecule has 5 nitrogen and oxygen atoms in total. The van der Waals surface area contributed by atoms with Gasteiger partial charge in [0.15, 0.2) is 5.69 Å². The van der Waals surface area contributed by atoms with Gasteiger partial charge in [-0.3, -0.25) is 14.8 Å². The van der Waals surface area contributed by atoms with Gasteiger partial charge in [0, 0.05) is 43.4 Å². The van der Waals surface area contributed by atoms with Crippen molar-refractivity contribution >= 4 is 33.4 Å². The first-order valence-electron chi connectivity index (χ1n) is 7.51. The number of benzene rings is 1. The number of aromatic amines is 1. The van der Waals surface area contributed by atoms with Crippen molar-refractivity contribution in [1.82, 2.24) is 20.0 Å². The molecule has 1 N–H and O–H groups in total. The third-order valence-corrected chi connectivity index (χ3v) is 5.24. The second-order valence-electron chi connectivity index (χ2n) is 5.71. The molecular weight excluding hydrogens is 380 g/mol. The van der Waals surface area contributed by atoms with Gasteiger partial charge in [0.25, 0.3) is 5.91 Å². The first kappa shape index (κ1) is 16.5. The lowest BCUT2D eigenvalue weighted by molar-refractivity contribution is 0.0622. The number of hydrogen-bond acceptors (Lipinski definition) is 3. The van der Waals surface area contributed by atoms with E-state index in [-0.39, 0.29) is 5.91 Å². The number of amides is 1. The fourth-order valence-electron chi connectivity index (χ4n) is 2.71. The van der Waals surface area contributed by atoms with Crippen molar-refractivity contribution in [3.8, 4) is 0 Å². The summed E-state index contributed by atoms with van der Waals surface area (Å²) in [5.74, 6) is -0.0244. The van der Waals surface area contributed by atoms with Gasteiger partial charge >= 0.3 is 0 Å². The number of halogens is 2. The number of rotatable bonds is 3. The second kappa shape index (κ2) is 7.03. The fraction of sp³-hybridized carbons (Fsp3) is 0.375. The van der Waals surface area contributed by atoms with E-state index in [1.165, 1.54) is 5.56 Å². The predicted molar refractivity (Wildman–Crippen MR) is 93.7 cm³/mol. The van der Waals surface area contributed by atoms with Crippen LogP contribution in [0.2, 0.25) is 5.02 Å². The topological polar surface area (TPSA) is 52.2 Å². The minimum absolute atomic E-state index is 0.0244. The van der Waals surface area contributed by atoms with Crippen LogP contribution in [0.3, 0.4) is 0 Å². The lowest BCUT2D eigenvalue weighted by atomic mass is 10.2. The number of piperazine rings is 1. The van der Waals surface area contributed by atoms with E-state index in [0.717, 1.165) is 34.8 Å². The first-order chi connectivity index (χ1) is 11.0. The van der Waals surface area contributed by atoms with Crippen LogP contribution in [-0.2, 0) is 6.54 Å². The lowest BCUT2D eigenvalue weighted by Crippen LogP contribution is -2.48. The minimum Gasteiger partial charge on any atom is -0.335 e. The Balaban J connectivity index is 1.58. The van der Waals surface area contributed by atoms with E-state index in [1.54, 1.807) is 0 Å². The van der Waals surface area contributed by atoms with E-state index < -0.39 is 0 Å². The van der Waals surface area contributed by atoms with Crippen molar-refractivity contribution in [2.75, 3.05) is 26.2 Å². The number of aromatic nitrogens is 2. The summed E-state index contributed by atoms with van der Waals surface area (Å²) in [5.41, 5.74) is 2.53. The Morgan fingerprint density at radius 1 is 1.35 bits per heavy atom. The Bertz CT molecular complexity index is 710. The zero-order chi connectivity index (χ0) is 16.4. The maximum atomic E-state index is 12.5. The van der Waals surface area contributed by atoms with Crippen molar-refractivity contribution in [3.05, 3.63) is 50.7 Å². The average molecular weight is 398 g/mol.